The summed E-state index contributed by atoms with van der Waals surface area (Å²) in [4.78, 5) is 27.2. The molecule has 0 amide bonds. The Morgan fingerprint density at radius 2 is 1.73 bits per heavy atom. The minimum absolute atomic E-state index is 0.0262. The van der Waals surface area contributed by atoms with Crippen LogP contribution in [0.3, 0.4) is 0 Å². The normalized spacial score (nSPS) is 12.2. The largest absolute Gasteiger partial charge is 0.510 e. The van der Waals surface area contributed by atoms with Crippen LogP contribution < -0.4 is 0 Å². The minimum Gasteiger partial charge on any atom is -0.438 e. The van der Waals surface area contributed by atoms with Gasteiger partial charge in [0.2, 0.25) is 6.79 Å². The number of aromatic nitrogens is 2. The molecule has 3 rings (SSSR count). The summed E-state index contributed by atoms with van der Waals surface area (Å²) >= 11 is 0. The van der Waals surface area contributed by atoms with Gasteiger partial charge >= 0.3 is 24.5 Å². The molecule has 0 N–H and O–H groups in total. The summed E-state index contributed by atoms with van der Waals surface area (Å²) in [6.45, 7) is -1.28. The zero-order chi connectivity index (χ0) is 27.4. The molecule has 0 aliphatic heterocycles. The molecule has 2 heterocycles. The molecule has 194 valence electrons. The summed E-state index contributed by atoms with van der Waals surface area (Å²) in [7, 11) is 1.03. The second-order valence-corrected chi connectivity index (χ2v) is 7.32. The number of hydrogen-bond donors (Lipinski definition) is 0. The number of carbonyl (C=O) groups excluding carboxylic acids is 2. The number of esters is 1. The van der Waals surface area contributed by atoms with Gasteiger partial charge in [0.1, 0.15) is 17.3 Å². The van der Waals surface area contributed by atoms with Crippen LogP contribution in [-0.4, -0.2) is 35.6 Å². The molecule has 0 spiro atoms. The number of carbonyl (C=O) groups is 2. The number of hydrogen-bond acceptors (Lipinski definition) is 7. The first kappa shape index (κ1) is 27.1. The number of nitriles is 1. The van der Waals surface area contributed by atoms with E-state index in [0.29, 0.717) is 17.5 Å². The Morgan fingerprint density at radius 3 is 2.30 bits per heavy atom. The fourth-order valence-corrected chi connectivity index (χ4v) is 3.25. The van der Waals surface area contributed by atoms with Crippen molar-refractivity contribution >= 4 is 29.2 Å². The van der Waals surface area contributed by atoms with Gasteiger partial charge in [-0.1, -0.05) is 0 Å². The number of nitrogens with zero attached hydrogens (tertiary/aromatic N) is 3. The van der Waals surface area contributed by atoms with Gasteiger partial charge in [0, 0.05) is 29.9 Å². The van der Waals surface area contributed by atoms with E-state index >= 15 is 0 Å². The third-order valence-corrected chi connectivity index (χ3v) is 4.84. The summed E-state index contributed by atoms with van der Waals surface area (Å²) in [5.41, 5.74) is -3.40. The third kappa shape index (κ3) is 6.57. The lowest BCUT2D eigenvalue weighted by Gasteiger charge is -2.14. The summed E-state index contributed by atoms with van der Waals surface area (Å²) in [5.74, 6) is -1.16. The van der Waals surface area contributed by atoms with Crippen molar-refractivity contribution in [3.63, 3.8) is 0 Å². The minimum atomic E-state index is -5.01. The zero-order valence-corrected chi connectivity index (χ0v) is 18.7. The maximum Gasteiger partial charge on any atom is 0.510 e. The van der Waals surface area contributed by atoms with Crippen LogP contribution in [0.4, 0.5) is 31.1 Å². The van der Waals surface area contributed by atoms with E-state index in [9.17, 15) is 41.2 Å². The Hall–Kier alpha value is -4.54. The number of methoxy groups -OCH3 is 1. The fraction of sp³-hybridized carbons (Fsp3) is 0.217. The predicted molar refractivity (Wildman–Crippen MR) is 113 cm³/mol. The summed E-state index contributed by atoms with van der Waals surface area (Å²) < 4.78 is 94.0. The van der Waals surface area contributed by atoms with E-state index in [4.69, 9.17) is 0 Å². The van der Waals surface area contributed by atoms with Gasteiger partial charge in [-0.2, -0.15) is 31.6 Å². The molecule has 2 aromatic heterocycles. The topological polar surface area (TPSA) is 103 Å². The highest BCUT2D eigenvalue weighted by Gasteiger charge is 2.37. The standard InChI is InChI=1S/C23H15F6N3O5/c1-35-21(34)37-12-36-20(33)14(9-30)7-15-11-32(19-18(15)3-2-4-31-19)10-13-5-16(22(24,25)26)8-17(6-13)23(27,28)29/h2-8,11H,10,12H2,1H3/b14-7+. The monoisotopic (exact) mass is 527 g/mol. The van der Waals surface area contributed by atoms with Crippen LogP contribution in [0, 0.1) is 11.3 Å². The SMILES string of the molecule is COC(=O)OCOC(=O)/C(C#N)=C/c1cn(Cc2cc(C(F)(F)F)cc(C(F)(F)F)c2)c2ncccc12. The Bertz CT molecular complexity index is 1370. The molecule has 0 saturated carbocycles. The lowest BCUT2D eigenvalue weighted by molar-refractivity contribution is -0.148. The molecule has 0 atom stereocenters. The predicted octanol–water partition coefficient (Wildman–Crippen LogP) is 5.31. The van der Waals surface area contributed by atoms with Gasteiger partial charge in [0.05, 0.1) is 18.2 Å². The number of fused-ring (bicyclic) bond motifs is 1. The van der Waals surface area contributed by atoms with Crippen LogP contribution >= 0.6 is 0 Å². The molecular weight excluding hydrogens is 512 g/mol. The lowest BCUT2D eigenvalue weighted by Crippen LogP contribution is -2.13. The lowest BCUT2D eigenvalue weighted by atomic mass is 10.0. The van der Waals surface area contributed by atoms with Crippen molar-refractivity contribution in [1.29, 1.82) is 5.26 Å². The van der Waals surface area contributed by atoms with Crippen LogP contribution in [0.15, 0.2) is 48.3 Å². The van der Waals surface area contributed by atoms with Crippen molar-refractivity contribution in [1.82, 2.24) is 9.55 Å². The molecule has 1 aromatic carbocycles. The number of ether oxygens (including phenoxy) is 3. The van der Waals surface area contributed by atoms with Gasteiger partial charge in [-0.05, 0) is 42.0 Å². The Kier molecular flexibility index (Phi) is 7.76. The highest BCUT2D eigenvalue weighted by atomic mass is 19.4. The van der Waals surface area contributed by atoms with Crippen molar-refractivity contribution in [3.8, 4) is 6.07 Å². The first-order valence-corrected chi connectivity index (χ1v) is 10.1. The Balaban J connectivity index is 2.00. The number of alkyl halides is 6. The maximum absolute atomic E-state index is 13.2. The summed E-state index contributed by atoms with van der Waals surface area (Å²) in [6.07, 6.45) is -7.41. The van der Waals surface area contributed by atoms with E-state index in [1.54, 1.807) is 6.07 Å². The van der Waals surface area contributed by atoms with E-state index in [0.717, 1.165) is 13.2 Å². The maximum atomic E-state index is 13.2. The molecule has 0 aliphatic carbocycles. The molecule has 3 aromatic rings. The first-order valence-electron chi connectivity index (χ1n) is 10.1. The van der Waals surface area contributed by atoms with Gasteiger partial charge in [-0.15, -0.1) is 0 Å². The molecule has 14 heteroatoms. The molecule has 37 heavy (non-hydrogen) atoms. The van der Waals surface area contributed by atoms with Crippen molar-refractivity contribution < 1.29 is 50.1 Å². The van der Waals surface area contributed by atoms with E-state index in [1.807, 2.05) is 0 Å². The molecular formula is C23H15F6N3O5. The molecule has 8 nitrogen and oxygen atoms in total. The van der Waals surface area contributed by atoms with Crippen molar-refractivity contribution in [2.24, 2.45) is 0 Å². The van der Waals surface area contributed by atoms with Gasteiger partial charge in [0.25, 0.3) is 0 Å². The van der Waals surface area contributed by atoms with E-state index in [2.05, 4.69) is 19.2 Å². The van der Waals surface area contributed by atoms with Gasteiger partial charge in [-0.3, -0.25) is 0 Å². The van der Waals surface area contributed by atoms with E-state index < -0.39 is 54.5 Å². The van der Waals surface area contributed by atoms with Crippen LogP contribution in [0.25, 0.3) is 17.1 Å². The summed E-state index contributed by atoms with van der Waals surface area (Å²) in [6, 6.07) is 5.86. The van der Waals surface area contributed by atoms with E-state index in [-0.39, 0.29) is 22.8 Å². The van der Waals surface area contributed by atoms with Crippen molar-refractivity contribution in [2.75, 3.05) is 13.9 Å². The van der Waals surface area contributed by atoms with Gasteiger partial charge in [-0.25, -0.2) is 14.6 Å². The second-order valence-electron chi connectivity index (χ2n) is 7.32. The van der Waals surface area contributed by atoms with Crippen molar-refractivity contribution in [3.05, 3.63) is 70.6 Å². The zero-order valence-electron chi connectivity index (χ0n) is 18.7. The van der Waals surface area contributed by atoms with Crippen LogP contribution in [0.5, 0.6) is 0 Å². The number of benzene rings is 1. The van der Waals surface area contributed by atoms with Crippen LogP contribution in [0.2, 0.25) is 0 Å². The number of halogens is 6. The average Bonchev–Trinajstić information content (AvgIpc) is 3.18. The third-order valence-electron chi connectivity index (χ3n) is 4.84. The molecule has 0 bridgehead atoms. The molecule has 0 unspecified atom stereocenters. The quantitative estimate of drug-likeness (QED) is 0.141. The Morgan fingerprint density at radius 1 is 1.08 bits per heavy atom. The number of rotatable bonds is 6. The molecule has 0 radical (unpaired) electrons. The second kappa shape index (κ2) is 10.6. The first-order chi connectivity index (χ1) is 17.3. The average molecular weight is 527 g/mol. The van der Waals surface area contributed by atoms with Crippen molar-refractivity contribution in [2.45, 2.75) is 18.9 Å². The van der Waals surface area contributed by atoms with Gasteiger partial charge in [0.15, 0.2) is 0 Å². The van der Waals surface area contributed by atoms with Crippen LogP contribution in [0.1, 0.15) is 22.3 Å². The highest BCUT2D eigenvalue weighted by Crippen LogP contribution is 2.36. The van der Waals surface area contributed by atoms with Gasteiger partial charge < -0.3 is 18.8 Å². The highest BCUT2D eigenvalue weighted by molar-refractivity contribution is 6.00. The van der Waals surface area contributed by atoms with E-state index in [1.165, 1.54) is 29.1 Å². The molecule has 0 aliphatic rings. The smallest absolute Gasteiger partial charge is 0.438 e. The fourth-order valence-electron chi connectivity index (χ4n) is 3.25. The number of pyridine rings is 1. The van der Waals surface area contributed by atoms with Crippen LogP contribution in [-0.2, 0) is 37.9 Å². The Labute approximate surface area is 204 Å². The molecule has 0 fully saturated rings. The molecule has 0 saturated heterocycles. The summed E-state index contributed by atoms with van der Waals surface area (Å²) in [5, 5.41) is 9.70.